The number of hydrogen-bond donors (Lipinski definition) is 1. The van der Waals surface area contributed by atoms with Crippen molar-refractivity contribution < 1.29 is 14.3 Å². The minimum Gasteiger partial charge on any atom is -0.497 e. The Kier molecular flexibility index (Phi) is 4.01. The number of nitrogen functional groups attached to an aromatic ring is 1. The van der Waals surface area contributed by atoms with E-state index in [1.165, 1.54) is 11.3 Å². The van der Waals surface area contributed by atoms with Gasteiger partial charge in [-0.2, -0.15) is 0 Å². The highest BCUT2D eigenvalue weighted by Gasteiger charge is 2.12. The number of carbonyl (C=O) groups excluding carboxylic acids is 1. The summed E-state index contributed by atoms with van der Waals surface area (Å²) >= 11 is 1.32. The molecule has 0 bridgehead atoms. The van der Waals surface area contributed by atoms with Gasteiger partial charge in [0.2, 0.25) is 0 Å². The molecule has 0 saturated heterocycles. The van der Waals surface area contributed by atoms with Crippen molar-refractivity contribution in [2.45, 2.75) is 6.42 Å². The second-order valence-corrected chi connectivity index (χ2v) is 4.77. The number of thiazole rings is 1. The predicted octanol–water partition coefficient (Wildman–Crippen LogP) is 2.17. The number of methoxy groups -OCH3 is 2. The fourth-order valence-corrected chi connectivity index (χ4v) is 2.20. The van der Waals surface area contributed by atoms with Gasteiger partial charge in [0.05, 0.1) is 26.3 Å². The van der Waals surface area contributed by atoms with Crippen LogP contribution in [0.15, 0.2) is 23.6 Å². The van der Waals surface area contributed by atoms with Crippen LogP contribution in [0.2, 0.25) is 0 Å². The smallest absolute Gasteiger partial charge is 0.180 e. The van der Waals surface area contributed by atoms with Gasteiger partial charge < -0.3 is 15.2 Å². The van der Waals surface area contributed by atoms with Crippen molar-refractivity contribution in [2.24, 2.45) is 0 Å². The Bertz CT molecular complexity index is 573. The quantitative estimate of drug-likeness (QED) is 0.848. The third-order valence-corrected chi connectivity index (χ3v) is 3.31. The topological polar surface area (TPSA) is 74.4 Å². The van der Waals surface area contributed by atoms with E-state index in [1.54, 1.807) is 37.8 Å². The first kappa shape index (κ1) is 13.4. The molecule has 2 aromatic rings. The van der Waals surface area contributed by atoms with Gasteiger partial charge in [0.1, 0.15) is 11.5 Å². The standard InChI is InChI=1S/C13H14N2O3S/c1-17-10-3-8(4-11(6-10)18-2)12(16)5-9-7-19-13(14)15-9/h3-4,6-7H,5H2,1-2H3,(H2,14,15). The van der Waals surface area contributed by atoms with E-state index in [-0.39, 0.29) is 12.2 Å². The van der Waals surface area contributed by atoms with Gasteiger partial charge in [-0.1, -0.05) is 0 Å². The van der Waals surface area contributed by atoms with E-state index in [9.17, 15) is 4.79 Å². The first-order chi connectivity index (χ1) is 9.12. The molecule has 1 aromatic carbocycles. The Morgan fingerprint density at radius 2 is 1.89 bits per heavy atom. The van der Waals surface area contributed by atoms with Gasteiger partial charge in [0, 0.05) is 17.0 Å². The lowest BCUT2D eigenvalue weighted by molar-refractivity contribution is 0.0991. The minimum absolute atomic E-state index is 0.0532. The van der Waals surface area contributed by atoms with Gasteiger partial charge in [0.15, 0.2) is 10.9 Å². The average Bonchev–Trinajstić information content (AvgIpc) is 2.83. The summed E-state index contributed by atoms with van der Waals surface area (Å²) in [5, 5.41) is 2.25. The average molecular weight is 278 g/mol. The molecule has 0 unspecified atom stereocenters. The number of rotatable bonds is 5. The summed E-state index contributed by atoms with van der Waals surface area (Å²) in [6, 6.07) is 5.08. The zero-order valence-corrected chi connectivity index (χ0v) is 11.5. The number of ether oxygens (including phenoxy) is 2. The van der Waals surface area contributed by atoms with Crippen molar-refractivity contribution in [3.63, 3.8) is 0 Å². The second kappa shape index (κ2) is 5.71. The van der Waals surface area contributed by atoms with E-state index in [4.69, 9.17) is 15.2 Å². The molecule has 6 heteroatoms. The van der Waals surface area contributed by atoms with Gasteiger partial charge in [-0.25, -0.2) is 4.98 Å². The van der Waals surface area contributed by atoms with Crippen LogP contribution < -0.4 is 15.2 Å². The van der Waals surface area contributed by atoms with Crippen molar-refractivity contribution in [3.05, 3.63) is 34.8 Å². The summed E-state index contributed by atoms with van der Waals surface area (Å²) in [4.78, 5) is 16.2. The van der Waals surface area contributed by atoms with Crippen LogP contribution in [0.4, 0.5) is 5.13 Å². The number of anilines is 1. The molecule has 2 N–H and O–H groups in total. The van der Waals surface area contributed by atoms with Crippen LogP contribution in [0.3, 0.4) is 0 Å². The number of nitrogens with two attached hydrogens (primary N) is 1. The SMILES string of the molecule is COc1cc(OC)cc(C(=O)Cc2csc(N)n2)c1. The highest BCUT2D eigenvalue weighted by Crippen LogP contribution is 2.23. The summed E-state index contributed by atoms with van der Waals surface area (Å²) < 4.78 is 10.3. The predicted molar refractivity (Wildman–Crippen MR) is 74.1 cm³/mol. The first-order valence-electron chi connectivity index (χ1n) is 5.58. The van der Waals surface area contributed by atoms with Gasteiger partial charge in [-0.05, 0) is 12.1 Å². The first-order valence-corrected chi connectivity index (χ1v) is 6.46. The molecular weight excluding hydrogens is 264 g/mol. The summed E-state index contributed by atoms with van der Waals surface area (Å²) in [6.07, 6.45) is 0.212. The Hall–Kier alpha value is -2.08. The maximum Gasteiger partial charge on any atom is 0.180 e. The number of carbonyl (C=O) groups is 1. The third kappa shape index (κ3) is 3.23. The minimum atomic E-state index is -0.0532. The number of Topliss-reactive ketones (excluding diaryl/α,β-unsaturated/α-hetero) is 1. The van der Waals surface area contributed by atoms with E-state index in [0.29, 0.717) is 27.9 Å². The molecule has 0 aliphatic rings. The molecule has 1 heterocycles. The van der Waals surface area contributed by atoms with E-state index >= 15 is 0 Å². The van der Waals surface area contributed by atoms with Gasteiger partial charge in [-0.15, -0.1) is 11.3 Å². The molecule has 0 fully saturated rings. The lowest BCUT2D eigenvalue weighted by Crippen LogP contribution is -2.05. The van der Waals surface area contributed by atoms with Crippen molar-refractivity contribution >= 4 is 22.3 Å². The van der Waals surface area contributed by atoms with Crippen molar-refractivity contribution in [1.82, 2.24) is 4.98 Å². The van der Waals surface area contributed by atoms with Gasteiger partial charge in [0.25, 0.3) is 0 Å². The lowest BCUT2D eigenvalue weighted by Gasteiger charge is -2.07. The number of aromatic nitrogens is 1. The van der Waals surface area contributed by atoms with Gasteiger partial charge >= 0.3 is 0 Å². The molecular formula is C13H14N2O3S. The molecule has 100 valence electrons. The number of nitrogens with zero attached hydrogens (tertiary/aromatic N) is 1. The van der Waals surface area contributed by atoms with E-state index in [0.717, 1.165) is 0 Å². The maximum atomic E-state index is 12.2. The summed E-state index contributed by atoms with van der Waals surface area (Å²) in [6.45, 7) is 0. The number of benzene rings is 1. The Morgan fingerprint density at radius 3 is 2.37 bits per heavy atom. The summed E-state index contributed by atoms with van der Waals surface area (Å²) in [7, 11) is 3.09. The molecule has 5 nitrogen and oxygen atoms in total. The van der Waals surface area contributed by atoms with Crippen LogP contribution in [0.5, 0.6) is 11.5 Å². The van der Waals surface area contributed by atoms with Crippen LogP contribution >= 0.6 is 11.3 Å². The van der Waals surface area contributed by atoms with Gasteiger partial charge in [-0.3, -0.25) is 4.79 Å². The monoisotopic (exact) mass is 278 g/mol. The van der Waals surface area contributed by atoms with Crippen LogP contribution in [0, 0.1) is 0 Å². The third-order valence-electron chi connectivity index (χ3n) is 2.58. The highest BCUT2D eigenvalue weighted by atomic mass is 32.1. The largest absolute Gasteiger partial charge is 0.497 e. The van der Waals surface area contributed by atoms with E-state index in [1.807, 2.05) is 0 Å². The fourth-order valence-electron chi connectivity index (χ4n) is 1.64. The Morgan fingerprint density at radius 1 is 1.26 bits per heavy atom. The zero-order valence-electron chi connectivity index (χ0n) is 10.7. The van der Waals surface area contributed by atoms with Crippen LogP contribution in [0.1, 0.15) is 16.1 Å². The molecule has 2 rings (SSSR count). The van der Waals surface area contributed by atoms with Crippen LogP contribution in [-0.4, -0.2) is 25.0 Å². The Balaban J connectivity index is 2.22. The molecule has 0 saturated carbocycles. The molecule has 0 spiro atoms. The highest BCUT2D eigenvalue weighted by molar-refractivity contribution is 7.13. The normalized spacial score (nSPS) is 10.2. The fraction of sp³-hybridized carbons (Fsp3) is 0.231. The molecule has 1 aromatic heterocycles. The van der Waals surface area contributed by atoms with Crippen molar-refractivity contribution in [1.29, 1.82) is 0 Å². The number of hydrogen-bond acceptors (Lipinski definition) is 6. The zero-order chi connectivity index (χ0) is 13.8. The molecule has 0 amide bonds. The molecule has 0 aliphatic carbocycles. The molecule has 0 atom stereocenters. The van der Waals surface area contributed by atoms with Crippen molar-refractivity contribution in [3.8, 4) is 11.5 Å². The van der Waals surface area contributed by atoms with E-state index < -0.39 is 0 Å². The van der Waals surface area contributed by atoms with Crippen LogP contribution in [-0.2, 0) is 6.42 Å². The molecule has 19 heavy (non-hydrogen) atoms. The number of ketones is 1. The summed E-state index contributed by atoms with van der Waals surface area (Å²) in [5.41, 5.74) is 6.75. The molecule has 0 radical (unpaired) electrons. The summed E-state index contributed by atoms with van der Waals surface area (Å²) in [5.74, 6) is 1.11. The second-order valence-electron chi connectivity index (χ2n) is 3.88. The van der Waals surface area contributed by atoms with Crippen LogP contribution in [0.25, 0.3) is 0 Å². The molecule has 0 aliphatic heterocycles. The lowest BCUT2D eigenvalue weighted by atomic mass is 10.1. The maximum absolute atomic E-state index is 12.2. The van der Waals surface area contributed by atoms with Crippen molar-refractivity contribution in [2.75, 3.05) is 20.0 Å². The van der Waals surface area contributed by atoms with E-state index in [2.05, 4.69) is 4.98 Å². The Labute approximate surface area is 115 Å².